The van der Waals surface area contributed by atoms with Gasteiger partial charge in [0.05, 0.1) is 19.4 Å². The number of carbonyl (C=O) groups is 1. The minimum Gasteiger partial charge on any atom is -0.441 e. The zero-order valence-corrected chi connectivity index (χ0v) is 17.9. The third-order valence-electron chi connectivity index (χ3n) is 5.22. The minimum atomic E-state index is -0.247. The summed E-state index contributed by atoms with van der Waals surface area (Å²) in [6, 6.07) is 15.4. The van der Waals surface area contributed by atoms with Gasteiger partial charge in [-0.2, -0.15) is 0 Å². The van der Waals surface area contributed by atoms with E-state index in [4.69, 9.17) is 9.15 Å². The Morgan fingerprint density at radius 3 is 2.61 bits per heavy atom. The molecule has 0 radical (unpaired) electrons. The molecular weight excluding hydrogens is 392 g/mol. The number of oxazole rings is 1. The fraction of sp³-hybridized carbons (Fsp3) is 0.333. The molecular formula is C24H28N4O3. The summed E-state index contributed by atoms with van der Waals surface area (Å²) in [7, 11) is 0. The standard InChI is InChI=1S/C24H28N4O3/c1-17(2)22-16-25-23(31-22)19-6-8-20(9-7-19)27-24(29)26-15-18-4-3-5-21(14-18)28-10-12-30-13-11-28/h3-9,14,16-17H,10-13,15H2,1-2H3,(H2,26,27,29). The Bertz CT molecular complexity index is 1010. The van der Waals surface area contributed by atoms with Crippen LogP contribution in [0.1, 0.15) is 31.1 Å². The first-order valence-corrected chi connectivity index (χ1v) is 10.6. The van der Waals surface area contributed by atoms with Crippen LogP contribution in [0.4, 0.5) is 16.2 Å². The third kappa shape index (κ3) is 5.44. The normalized spacial score (nSPS) is 14.0. The van der Waals surface area contributed by atoms with E-state index in [2.05, 4.69) is 46.5 Å². The quantitative estimate of drug-likeness (QED) is 0.608. The molecule has 0 aliphatic carbocycles. The van der Waals surface area contributed by atoms with Crippen LogP contribution in [-0.4, -0.2) is 37.3 Å². The van der Waals surface area contributed by atoms with Crippen LogP contribution in [0.2, 0.25) is 0 Å². The van der Waals surface area contributed by atoms with Crippen molar-refractivity contribution in [2.75, 3.05) is 36.5 Å². The van der Waals surface area contributed by atoms with Gasteiger partial charge in [0, 0.05) is 42.5 Å². The summed E-state index contributed by atoms with van der Waals surface area (Å²) in [4.78, 5) is 18.9. The summed E-state index contributed by atoms with van der Waals surface area (Å²) in [5, 5.41) is 5.78. The van der Waals surface area contributed by atoms with Gasteiger partial charge in [0.25, 0.3) is 0 Å². The minimum absolute atomic E-state index is 0.247. The molecule has 2 aromatic carbocycles. The number of aromatic nitrogens is 1. The molecule has 7 nitrogen and oxygen atoms in total. The highest BCUT2D eigenvalue weighted by Gasteiger charge is 2.12. The molecule has 0 atom stereocenters. The fourth-order valence-corrected chi connectivity index (χ4v) is 3.43. The first kappa shape index (κ1) is 20.9. The summed E-state index contributed by atoms with van der Waals surface area (Å²) in [5.41, 5.74) is 3.79. The monoisotopic (exact) mass is 420 g/mol. The van der Waals surface area contributed by atoms with E-state index in [1.54, 1.807) is 6.20 Å². The molecule has 1 aromatic heterocycles. The second-order valence-electron chi connectivity index (χ2n) is 7.88. The maximum absolute atomic E-state index is 12.3. The van der Waals surface area contributed by atoms with Crippen LogP contribution in [0.5, 0.6) is 0 Å². The van der Waals surface area contributed by atoms with E-state index in [0.29, 0.717) is 24.0 Å². The smallest absolute Gasteiger partial charge is 0.319 e. The lowest BCUT2D eigenvalue weighted by Crippen LogP contribution is -2.36. The van der Waals surface area contributed by atoms with E-state index in [9.17, 15) is 4.79 Å². The summed E-state index contributed by atoms with van der Waals surface area (Å²) in [6.45, 7) is 7.86. The van der Waals surface area contributed by atoms with Crippen molar-refractivity contribution >= 4 is 17.4 Å². The third-order valence-corrected chi connectivity index (χ3v) is 5.22. The predicted molar refractivity (Wildman–Crippen MR) is 121 cm³/mol. The number of ether oxygens (including phenoxy) is 1. The van der Waals surface area contributed by atoms with Gasteiger partial charge in [0.1, 0.15) is 5.76 Å². The lowest BCUT2D eigenvalue weighted by Gasteiger charge is -2.29. The molecule has 0 saturated carbocycles. The number of amides is 2. The average molecular weight is 421 g/mol. The number of morpholine rings is 1. The lowest BCUT2D eigenvalue weighted by atomic mass is 10.2. The number of nitrogens with one attached hydrogen (secondary N) is 2. The van der Waals surface area contributed by atoms with E-state index in [-0.39, 0.29) is 6.03 Å². The van der Waals surface area contributed by atoms with Gasteiger partial charge in [0.2, 0.25) is 5.89 Å². The highest BCUT2D eigenvalue weighted by Crippen LogP contribution is 2.24. The average Bonchev–Trinajstić information content (AvgIpc) is 3.30. The van der Waals surface area contributed by atoms with Crippen LogP contribution < -0.4 is 15.5 Å². The summed E-state index contributed by atoms with van der Waals surface area (Å²) < 4.78 is 11.2. The van der Waals surface area contributed by atoms with Gasteiger partial charge < -0.3 is 24.7 Å². The highest BCUT2D eigenvalue weighted by atomic mass is 16.5. The number of hydrogen-bond donors (Lipinski definition) is 2. The Labute approximate surface area is 182 Å². The van der Waals surface area contributed by atoms with E-state index in [0.717, 1.165) is 48.9 Å². The second-order valence-corrected chi connectivity index (χ2v) is 7.88. The molecule has 2 amide bonds. The lowest BCUT2D eigenvalue weighted by molar-refractivity contribution is 0.122. The Balaban J connectivity index is 1.30. The van der Waals surface area contributed by atoms with Crippen LogP contribution in [0.15, 0.2) is 59.1 Å². The number of anilines is 2. The molecule has 1 fully saturated rings. The molecule has 2 N–H and O–H groups in total. The van der Waals surface area contributed by atoms with Crippen molar-refractivity contribution in [2.24, 2.45) is 0 Å². The molecule has 1 aliphatic rings. The molecule has 7 heteroatoms. The first-order valence-electron chi connectivity index (χ1n) is 10.6. The van der Waals surface area contributed by atoms with Crippen molar-refractivity contribution in [3.63, 3.8) is 0 Å². The van der Waals surface area contributed by atoms with Crippen LogP contribution in [-0.2, 0) is 11.3 Å². The van der Waals surface area contributed by atoms with Crippen LogP contribution in [0, 0.1) is 0 Å². The van der Waals surface area contributed by atoms with Gasteiger partial charge in [-0.3, -0.25) is 0 Å². The van der Waals surface area contributed by atoms with Crippen molar-refractivity contribution in [1.29, 1.82) is 0 Å². The summed E-state index contributed by atoms with van der Waals surface area (Å²) in [5.74, 6) is 1.73. The van der Waals surface area contributed by atoms with Gasteiger partial charge in [-0.15, -0.1) is 0 Å². The van der Waals surface area contributed by atoms with E-state index in [1.165, 1.54) is 0 Å². The van der Waals surface area contributed by atoms with E-state index < -0.39 is 0 Å². The number of hydrogen-bond acceptors (Lipinski definition) is 5. The molecule has 0 bridgehead atoms. The SMILES string of the molecule is CC(C)c1cnc(-c2ccc(NC(=O)NCc3cccc(N4CCOCC4)c3)cc2)o1. The zero-order valence-electron chi connectivity index (χ0n) is 17.9. The van der Waals surface area contributed by atoms with Gasteiger partial charge in [-0.05, 0) is 42.0 Å². The van der Waals surface area contributed by atoms with Gasteiger partial charge >= 0.3 is 6.03 Å². The van der Waals surface area contributed by atoms with Crippen molar-refractivity contribution in [3.8, 4) is 11.5 Å². The molecule has 31 heavy (non-hydrogen) atoms. The van der Waals surface area contributed by atoms with Gasteiger partial charge in [0.15, 0.2) is 0 Å². The van der Waals surface area contributed by atoms with Crippen LogP contribution >= 0.6 is 0 Å². The molecule has 0 spiro atoms. The van der Waals surface area contributed by atoms with Crippen molar-refractivity contribution < 1.29 is 13.9 Å². The number of carbonyl (C=O) groups excluding carboxylic acids is 1. The largest absolute Gasteiger partial charge is 0.441 e. The summed E-state index contributed by atoms with van der Waals surface area (Å²) >= 11 is 0. The molecule has 1 saturated heterocycles. The van der Waals surface area contributed by atoms with Crippen LogP contribution in [0.3, 0.4) is 0 Å². The molecule has 1 aliphatic heterocycles. The Hall–Kier alpha value is -3.32. The maximum Gasteiger partial charge on any atom is 0.319 e. The number of nitrogens with zero attached hydrogens (tertiary/aromatic N) is 2. The molecule has 2 heterocycles. The van der Waals surface area contributed by atoms with Gasteiger partial charge in [-0.1, -0.05) is 26.0 Å². The van der Waals surface area contributed by atoms with E-state index >= 15 is 0 Å². The molecule has 162 valence electrons. The second kappa shape index (κ2) is 9.66. The van der Waals surface area contributed by atoms with Crippen LogP contribution in [0.25, 0.3) is 11.5 Å². The number of rotatable bonds is 6. The highest BCUT2D eigenvalue weighted by molar-refractivity contribution is 5.89. The topological polar surface area (TPSA) is 79.6 Å². The Kier molecular flexibility index (Phi) is 6.52. The summed E-state index contributed by atoms with van der Waals surface area (Å²) in [6.07, 6.45) is 1.76. The molecule has 3 aromatic rings. The van der Waals surface area contributed by atoms with Crippen molar-refractivity contribution in [1.82, 2.24) is 10.3 Å². The zero-order chi connectivity index (χ0) is 21.6. The number of urea groups is 1. The molecule has 0 unspecified atom stereocenters. The van der Waals surface area contributed by atoms with Crippen molar-refractivity contribution in [2.45, 2.75) is 26.3 Å². The maximum atomic E-state index is 12.3. The molecule has 4 rings (SSSR count). The fourth-order valence-electron chi connectivity index (χ4n) is 3.43. The number of benzene rings is 2. The van der Waals surface area contributed by atoms with Gasteiger partial charge in [-0.25, -0.2) is 9.78 Å². The van der Waals surface area contributed by atoms with Crippen molar-refractivity contribution in [3.05, 3.63) is 66.1 Å². The predicted octanol–water partition coefficient (Wildman–Crippen LogP) is 4.62. The Morgan fingerprint density at radius 2 is 1.90 bits per heavy atom. The van der Waals surface area contributed by atoms with E-state index in [1.807, 2.05) is 36.4 Å². The first-order chi connectivity index (χ1) is 15.1. The Morgan fingerprint density at radius 1 is 1.13 bits per heavy atom.